The zero-order valence-corrected chi connectivity index (χ0v) is 31.1. The Balaban J connectivity index is 1.52. The van der Waals surface area contributed by atoms with Gasteiger partial charge in [0.15, 0.2) is 0 Å². The number of piperidine rings is 1. The molecule has 1 aliphatic heterocycles. The number of hydrogen-bond acceptors (Lipinski definition) is 7. The van der Waals surface area contributed by atoms with Gasteiger partial charge in [0.1, 0.15) is 22.0 Å². The maximum Gasteiger partial charge on any atom is 0.408 e. The van der Waals surface area contributed by atoms with Crippen molar-refractivity contribution in [1.82, 2.24) is 26.2 Å². The second-order valence-corrected chi connectivity index (χ2v) is 16.8. The van der Waals surface area contributed by atoms with Crippen molar-refractivity contribution in [1.29, 1.82) is 0 Å². The van der Waals surface area contributed by atoms with Crippen LogP contribution in [0.4, 0.5) is 4.79 Å². The molecule has 5 amide bonds. The summed E-state index contributed by atoms with van der Waals surface area (Å²) >= 11 is 13.2. The Bertz CT molecular complexity index is 1490. The highest BCUT2D eigenvalue weighted by atomic mass is 35.5. The molecule has 0 aromatic heterocycles. The van der Waals surface area contributed by atoms with E-state index in [0.29, 0.717) is 19.3 Å². The lowest BCUT2D eigenvalue weighted by Gasteiger charge is -2.35. The van der Waals surface area contributed by atoms with E-state index >= 15 is 0 Å². The zero-order valence-electron chi connectivity index (χ0n) is 29.6. The molecule has 4 unspecified atom stereocenters. The molecule has 0 spiro atoms. The van der Waals surface area contributed by atoms with Crippen LogP contribution in [0.25, 0.3) is 0 Å². The zero-order chi connectivity index (χ0) is 37.2. The van der Waals surface area contributed by atoms with Crippen LogP contribution in [-0.2, 0) is 41.6 Å². The number of Topliss-reactive ketones (excluding diaryl/α,β-unsaturated/α-hetero) is 1. The Labute approximate surface area is 303 Å². The molecule has 5 atom stereocenters. The maximum atomic E-state index is 14.4. The predicted molar refractivity (Wildman–Crippen MR) is 189 cm³/mol. The van der Waals surface area contributed by atoms with Gasteiger partial charge in [0.05, 0.1) is 6.04 Å². The molecule has 1 saturated carbocycles. The number of carbonyl (C=O) groups is 6. The number of amides is 5. The fourth-order valence-corrected chi connectivity index (χ4v) is 7.61. The smallest absolute Gasteiger partial charge is 0.408 e. The van der Waals surface area contributed by atoms with Gasteiger partial charge in [-0.15, -0.1) is 29.8 Å². The van der Waals surface area contributed by atoms with Gasteiger partial charge in [-0.2, -0.15) is 0 Å². The highest BCUT2D eigenvalue weighted by molar-refractivity contribution is 6.51. The third-order valence-electron chi connectivity index (χ3n) is 9.04. The van der Waals surface area contributed by atoms with Crippen molar-refractivity contribution < 1.29 is 33.5 Å². The third kappa shape index (κ3) is 9.57. The van der Waals surface area contributed by atoms with E-state index in [0.717, 1.165) is 11.1 Å². The molecule has 1 aromatic carbocycles. The molecular formula is C36H49Cl2N5O7. The van der Waals surface area contributed by atoms with E-state index < -0.39 is 75.0 Å². The van der Waals surface area contributed by atoms with E-state index in [1.54, 1.807) is 26.8 Å². The molecule has 1 aromatic rings. The normalized spacial score (nSPS) is 21.9. The van der Waals surface area contributed by atoms with Crippen LogP contribution in [0, 0.1) is 17.8 Å². The quantitative estimate of drug-likeness (QED) is 0.137. The number of allylic oxidation sites excluding steroid dienone is 1. The lowest BCUT2D eigenvalue weighted by molar-refractivity contribution is -0.144. The molecule has 0 radical (unpaired) electrons. The number of benzene rings is 1. The summed E-state index contributed by atoms with van der Waals surface area (Å²) in [6.07, 6.45) is 2.17. The van der Waals surface area contributed by atoms with Crippen molar-refractivity contribution >= 4 is 58.7 Å². The number of likely N-dealkylation sites (tertiary alicyclic amines) is 1. The van der Waals surface area contributed by atoms with Gasteiger partial charge >= 0.3 is 6.09 Å². The van der Waals surface area contributed by atoms with Crippen molar-refractivity contribution in [3.8, 4) is 0 Å². The van der Waals surface area contributed by atoms with Crippen LogP contribution < -0.4 is 21.3 Å². The lowest BCUT2D eigenvalue weighted by Crippen LogP contribution is -2.60. The molecular weight excluding hydrogens is 685 g/mol. The summed E-state index contributed by atoms with van der Waals surface area (Å²) < 4.78 is 4.23. The molecule has 274 valence electrons. The number of ether oxygens (including phenoxy) is 1. The molecule has 3 aliphatic rings. The van der Waals surface area contributed by atoms with Crippen LogP contribution in [0.15, 0.2) is 36.9 Å². The van der Waals surface area contributed by atoms with Crippen LogP contribution in [0.5, 0.6) is 0 Å². The molecule has 12 nitrogen and oxygen atoms in total. The van der Waals surface area contributed by atoms with Gasteiger partial charge in [0, 0.05) is 36.9 Å². The average Bonchev–Trinajstić information content (AvgIpc) is 3.36. The van der Waals surface area contributed by atoms with Crippen LogP contribution in [0.3, 0.4) is 0 Å². The first-order chi connectivity index (χ1) is 23.2. The first kappa shape index (κ1) is 39.2. The maximum absolute atomic E-state index is 14.4. The molecule has 14 heteroatoms. The number of rotatable bonds is 13. The first-order valence-corrected chi connectivity index (χ1v) is 17.8. The molecule has 50 heavy (non-hydrogen) atoms. The van der Waals surface area contributed by atoms with Gasteiger partial charge in [-0.25, -0.2) is 4.79 Å². The third-order valence-corrected chi connectivity index (χ3v) is 10.1. The fourth-order valence-electron chi connectivity index (χ4n) is 6.78. The predicted octanol–water partition coefficient (Wildman–Crippen LogP) is 3.37. The standard InChI is InChI=1S/C36H49Cl2N5O7/c1-8-9-14-24(29(45)31(47)39-16-15-25(44)42-34(2,3)4)40-30(46)28-26-23(36(26,37)38)19-43(28)32(48)27(41-33(49)50-35(5,6)7)22-17-20-12-10-11-13-21(20)18-22/h8,10-13,22-24,26-28H,1,9,14-19H2,2-7H3,(H,39,47)(H,40,46)(H,41,49)(H,42,44)/t23?,24?,26?,27?,28-/m0/s1. The monoisotopic (exact) mass is 733 g/mol. The van der Waals surface area contributed by atoms with Crippen molar-refractivity contribution in [3.63, 3.8) is 0 Å². The summed E-state index contributed by atoms with van der Waals surface area (Å²) in [5.74, 6) is -4.72. The second-order valence-electron chi connectivity index (χ2n) is 15.4. The molecule has 2 aliphatic carbocycles. The number of nitrogens with zero attached hydrogens (tertiary/aromatic N) is 1. The van der Waals surface area contributed by atoms with E-state index in [1.807, 2.05) is 45.0 Å². The molecule has 1 heterocycles. The Morgan fingerprint density at radius 3 is 2.20 bits per heavy atom. The van der Waals surface area contributed by atoms with Crippen LogP contribution >= 0.6 is 23.2 Å². The van der Waals surface area contributed by atoms with Crippen LogP contribution in [0.1, 0.15) is 71.9 Å². The van der Waals surface area contributed by atoms with Crippen molar-refractivity contribution in [2.45, 2.75) is 107 Å². The topological polar surface area (TPSA) is 163 Å². The van der Waals surface area contributed by atoms with E-state index in [9.17, 15) is 28.8 Å². The van der Waals surface area contributed by atoms with Crippen molar-refractivity contribution in [2.75, 3.05) is 13.1 Å². The summed E-state index contributed by atoms with van der Waals surface area (Å²) in [5, 5.41) is 10.7. The van der Waals surface area contributed by atoms with E-state index in [4.69, 9.17) is 27.9 Å². The number of alkyl halides is 2. The number of hydrogen-bond donors (Lipinski definition) is 4. The second kappa shape index (κ2) is 15.3. The summed E-state index contributed by atoms with van der Waals surface area (Å²) in [6.45, 7) is 14.3. The van der Waals surface area contributed by atoms with Crippen LogP contribution in [0.2, 0.25) is 0 Å². The number of alkyl carbamates (subject to hydrolysis) is 1. The summed E-state index contributed by atoms with van der Waals surface area (Å²) in [4.78, 5) is 81.3. The first-order valence-electron chi connectivity index (χ1n) is 17.0. The molecule has 0 bridgehead atoms. The van der Waals surface area contributed by atoms with Gasteiger partial charge in [0.2, 0.25) is 23.5 Å². The number of ketones is 1. The lowest BCUT2D eigenvalue weighted by atomic mass is 9.94. The largest absolute Gasteiger partial charge is 0.444 e. The number of nitrogens with one attached hydrogen (secondary N) is 4. The number of fused-ring (bicyclic) bond motifs is 2. The molecule has 1 saturated heterocycles. The minimum Gasteiger partial charge on any atom is -0.444 e. The number of carbonyl (C=O) groups excluding carboxylic acids is 6. The van der Waals surface area contributed by atoms with E-state index in [-0.39, 0.29) is 37.8 Å². The van der Waals surface area contributed by atoms with Crippen LogP contribution in [-0.4, -0.2) is 87.1 Å². The number of halogens is 2. The van der Waals surface area contributed by atoms with E-state index in [1.165, 1.54) is 4.90 Å². The van der Waals surface area contributed by atoms with E-state index in [2.05, 4.69) is 27.8 Å². The minimum absolute atomic E-state index is 0.0414. The molecule has 4 N–H and O–H groups in total. The Morgan fingerprint density at radius 2 is 1.64 bits per heavy atom. The highest BCUT2D eigenvalue weighted by Crippen LogP contribution is 2.65. The highest BCUT2D eigenvalue weighted by Gasteiger charge is 2.74. The van der Waals surface area contributed by atoms with Gasteiger partial charge in [-0.05, 0) is 84.3 Å². The minimum atomic E-state index is -1.28. The summed E-state index contributed by atoms with van der Waals surface area (Å²) in [6, 6.07) is 4.35. The Hall–Kier alpha value is -3.64. The van der Waals surface area contributed by atoms with Gasteiger partial charge < -0.3 is 30.9 Å². The Kier molecular flexibility index (Phi) is 12.0. The summed E-state index contributed by atoms with van der Waals surface area (Å²) in [7, 11) is 0. The van der Waals surface area contributed by atoms with Crippen molar-refractivity contribution in [3.05, 3.63) is 48.0 Å². The van der Waals surface area contributed by atoms with Gasteiger partial charge in [0.25, 0.3) is 5.91 Å². The molecule has 4 rings (SSSR count). The summed E-state index contributed by atoms with van der Waals surface area (Å²) in [5.41, 5.74) is 0.863. The van der Waals surface area contributed by atoms with Crippen molar-refractivity contribution in [2.24, 2.45) is 17.8 Å². The Morgan fingerprint density at radius 1 is 1.02 bits per heavy atom. The van der Waals surface area contributed by atoms with Gasteiger partial charge in [-0.3, -0.25) is 24.0 Å². The average molecular weight is 735 g/mol. The fraction of sp³-hybridized carbons (Fsp3) is 0.611. The van der Waals surface area contributed by atoms with Gasteiger partial charge in [-0.1, -0.05) is 30.3 Å². The SMILES string of the molecule is C=CCCC(NC(=O)[C@@H]1C2C(CN1C(=O)C(NC(=O)OC(C)(C)C)C1Cc3ccccc3C1)C2(Cl)Cl)C(=O)C(=O)NCCC(=O)NC(C)(C)C. The molecule has 2 fully saturated rings.